The van der Waals surface area contributed by atoms with Crippen LogP contribution in [0.3, 0.4) is 0 Å². The van der Waals surface area contributed by atoms with Gasteiger partial charge in [-0.25, -0.2) is 0 Å². The average molecular weight is 468 g/mol. The molecule has 1 aromatic carbocycles. The summed E-state index contributed by atoms with van der Waals surface area (Å²) in [6, 6.07) is 2.88. The van der Waals surface area contributed by atoms with Crippen molar-refractivity contribution in [2.24, 2.45) is 5.92 Å². The van der Waals surface area contributed by atoms with E-state index >= 15 is 0 Å². The zero-order valence-electron chi connectivity index (χ0n) is 18.5. The standard InChI is InChI=1S/C22H30ClN3O6/c1-13(2)20(24-11-14-6-7-16(32-3)10-17(14)23)22(31)26-8-4-5-18(26)21(30)25-15(12-27)9-19(28)29/h6-7,10,12-13,15,18,20,24H,4-5,8-9,11H2,1-3H3,(H,25,30)(H,28,29)/t15?,18-,20?/m0/s1. The Labute approximate surface area is 192 Å². The predicted octanol–water partition coefficient (Wildman–Crippen LogP) is 1.61. The third-order valence-corrected chi connectivity index (χ3v) is 5.78. The van der Waals surface area contributed by atoms with Gasteiger partial charge in [0.25, 0.3) is 0 Å². The molecule has 10 heteroatoms. The number of likely N-dealkylation sites (tertiary alicyclic amines) is 1. The van der Waals surface area contributed by atoms with Gasteiger partial charge in [-0.1, -0.05) is 31.5 Å². The van der Waals surface area contributed by atoms with Crippen LogP contribution in [0.25, 0.3) is 0 Å². The van der Waals surface area contributed by atoms with Gasteiger partial charge in [0.15, 0.2) is 0 Å². The van der Waals surface area contributed by atoms with E-state index < -0.39 is 36.4 Å². The molecule has 0 radical (unpaired) electrons. The third-order valence-electron chi connectivity index (χ3n) is 5.43. The van der Waals surface area contributed by atoms with Crippen molar-refractivity contribution in [3.63, 3.8) is 0 Å². The normalized spacial score (nSPS) is 17.7. The monoisotopic (exact) mass is 467 g/mol. The summed E-state index contributed by atoms with van der Waals surface area (Å²) >= 11 is 6.30. The number of carboxylic acids is 1. The van der Waals surface area contributed by atoms with E-state index in [-0.39, 0.29) is 11.8 Å². The summed E-state index contributed by atoms with van der Waals surface area (Å²) in [6.07, 6.45) is 0.980. The van der Waals surface area contributed by atoms with Gasteiger partial charge in [0.05, 0.1) is 25.6 Å². The van der Waals surface area contributed by atoms with Crippen molar-refractivity contribution < 1.29 is 29.0 Å². The summed E-state index contributed by atoms with van der Waals surface area (Å²) in [5.74, 6) is -1.35. The van der Waals surface area contributed by atoms with E-state index in [0.29, 0.717) is 43.0 Å². The van der Waals surface area contributed by atoms with Crippen LogP contribution in [0.15, 0.2) is 18.2 Å². The molecule has 2 unspecified atom stereocenters. The Morgan fingerprint density at radius 1 is 1.34 bits per heavy atom. The van der Waals surface area contributed by atoms with Crippen molar-refractivity contribution in [2.45, 2.75) is 57.8 Å². The zero-order valence-corrected chi connectivity index (χ0v) is 19.2. The number of aldehydes is 1. The van der Waals surface area contributed by atoms with E-state index in [9.17, 15) is 19.2 Å². The molecule has 32 heavy (non-hydrogen) atoms. The molecule has 1 aliphatic heterocycles. The summed E-state index contributed by atoms with van der Waals surface area (Å²) in [5, 5.41) is 15.1. The van der Waals surface area contributed by atoms with Gasteiger partial charge < -0.3 is 30.2 Å². The Morgan fingerprint density at radius 3 is 2.62 bits per heavy atom. The topological polar surface area (TPSA) is 125 Å². The highest BCUT2D eigenvalue weighted by molar-refractivity contribution is 6.31. The lowest BCUT2D eigenvalue weighted by molar-refractivity contribution is -0.142. The minimum Gasteiger partial charge on any atom is -0.497 e. The number of aliphatic carboxylic acids is 1. The Balaban J connectivity index is 2.08. The second-order valence-electron chi connectivity index (χ2n) is 8.10. The molecule has 3 N–H and O–H groups in total. The number of halogens is 1. The quantitative estimate of drug-likeness (QED) is 0.422. The summed E-state index contributed by atoms with van der Waals surface area (Å²) < 4.78 is 5.15. The number of methoxy groups -OCH3 is 1. The summed E-state index contributed by atoms with van der Waals surface area (Å²) in [5.41, 5.74) is 0.809. The number of carbonyl (C=O) groups is 4. The third kappa shape index (κ3) is 6.67. The lowest BCUT2D eigenvalue weighted by Crippen LogP contribution is -2.55. The Kier molecular flexibility index (Phi) is 9.46. The maximum atomic E-state index is 13.3. The summed E-state index contributed by atoms with van der Waals surface area (Å²) in [6.45, 7) is 4.58. The Hall–Kier alpha value is -2.65. The molecule has 176 valence electrons. The molecule has 2 amide bonds. The van der Waals surface area contributed by atoms with E-state index in [1.165, 1.54) is 4.90 Å². The van der Waals surface area contributed by atoms with Crippen LogP contribution in [0.5, 0.6) is 5.75 Å². The fourth-order valence-corrected chi connectivity index (χ4v) is 3.95. The largest absolute Gasteiger partial charge is 0.497 e. The number of nitrogens with one attached hydrogen (secondary N) is 2. The molecule has 0 saturated carbocycles. The number of carbonyl (C=O) groups excluding carboxylic acids is 3. The number of carboxylic acid groups (broad SMARTS) is 1. The molecule has 0 spiro atoms. The van der Waals surface area contributed by atoms with Gasteiger partial charge in [-0.05, 0) is 36.5 Å². The molecule has 1 heterocycles. The molecule has 1 aromatic rings. The van der Waals surface area contributed by atoms with Crippen LogP contribution < -0.4 is 15.4 Å². The smallest absolute Gasteiger partial charge is 0.305 e. The van der Waals surface area contributed by atoms with E-state index in [2.05, 4.69) is 10.6 Å². The van der Waals surface area contributed by atoms with Gasteiger partial charge in [0.2, 0.25) is 11.8 Å². The molecule has 3 atom stereocenters. The minimum atomic E-state index is -1.19. The van der Waals surface area contributed by atoms with Gasteiger partial charge >= 0.3 is 5.97 Å². The van der Waals surface area contributed by atoms with Gasteiger partial charge in [0, 0.05) is 18.1 Å². The van der Waals surface area contributed by atoms with Crippen LogP contribution in [0.4, 0.5) is 0 Å². The first-order valence-electron chi connectivity index (χ1n) is 10.5. The summed E-state index contributed by atoms with van der Waals surface area (Å²) in [7, 11) is 1.55. The van der Waals surface area contributed by atoms with E-state index in [4.69, 9.17) is 21.4 Å². The number of nitrogens with zero attached hydrogens (tertiary/aromatic N) is 1. The number of benzene rings is 1. The van der Waals surface area contributed by atoms with Crippen molar-refractivity contribution in [2.75, 3.05) is 13.7 Å². The molecule has 1 aliphatic rings. The van der Waals surface area contributed by atoms with Crippen LogP contribution in [-0.4, -0.2) is 65.9 Å². The van der Waals surface area contributed by atoms with Gasteiger partial charge in [-0.15, -0.1) is 0 Å². The first-order valence-corrected chi connectivity index (χ1v) is 10.9. The van der Waals surface area contributed by atoms with Crippen LogP contribution >= 0.6 is 11.6 Å². The molecule has 0 bridgehead atoms. The van der Waals surface area contributed by atoms with E-state index in [1.54, 1.807) is 19.2 Å². The maximum absolute atomic E-state index is 13.3. The van der Waals surface area contributed by atoms with Crippen molar-refractivity contribution in [3.05, 3.63) is 28.8 Å². The first-order chi connectivity index (χ1) is 15.2. The highest BCUT2D eigenvalue weighted by Crippen LogP contribution is 2.24. The predicted molar refractivity (Wildman–Crippen MR) is 118 cm³/mol. The number of hydrogen-bond donors (Lipinski definition) is 3. The number of rotatable bonds is 11. The number of hydrogen-bond acceptors (Lipinski definition) is 6. The zero-order chi connectivity index (χ0) is 23.8. The molecule has 1 fully saturated rings. The minimum absolute atomic E-state index is 0.0569. The van der Waals surface area contributed by atoms with Crippen molar-refractivity contribution in [1.82, 2.24) is 15.5 Å². The maximum Gasteiger partial charge on any atom is 0.305 e. The van der Waals surface area contributed by atoms with Crippen LogP contribution in [0, 0.1) is 5.92 Å². The number of amides is 2. The van der Waals surface area contributed by atoms with Gasteiger partial charge in [-0.3, -0.25) is 14.4 Å². The highest BCUT2D eigenvalue weighted by Gasteiger charge is 2.38. The average Bonchev–Trinajstić information content (AvgIpc) is 3.23. The summed E-state index contributed by atoms with van der Waals surface area (Å²) in [4.78, 5) is 49.5. The van der Waals surface area contributed by atoms with Gasteiger partial charge in [-0.2, -0.15) is 0 Å². The van der Waals surface area contributed by atoms with Crippen LogP contribution in [0.1, 0.15) is 38.7 Å². The molecule has 0 aromatic heterocycles. The number of ether oxygens (including phenoxy) is 1. The van der Waals surface area contributed by atoms with Gasteiger partial charge in [0.1, 0.15) is 18.1 Å². The first kappa shape index (κ1) is 25.6. The van der Waals surface area contributed by atoms with Crippen molar-refractivity contribution in [3.8, 4) is 5.75 Å². The molecule has 2 rings (SSSR count). The molecular formula is C22H30ClN3O6. The van der Waals surface area contributed by atoms with Crippen molar-refractivity contribution in [1.29, 1.82) is 0 Å². The van der Waals surface area contributed by atoms with Crippen LogP contribution in [0.2, 0.25) is 5.02 Å². The van der Waals surface area contributed by atoms with E-state index in [0.717, 1.165) is 5.56 Å². The molecular weight excluding hydrogens is 438 g/mol. The molecule has 0 aliphatic carbocycles. The lowest BCUT2D eigenvalue weighted by atomic mass is 10.0. The van der Waals surface area contributed by atoms with Crippen molar-refractivity contribution >= 4 is 35.7 Å². The Bertz CT molecular complexity index is 847. The highest BCUT2D eigenvalue weighted by atomic mass is 35.5. The fraction of sp³-hybridized carbons (Fsp3) is 0.545. The second kappa shape index (κ2) is 11.8. The van der Waals surface area contributed by atoms with Crippen LogP contribution in [-0.2, 0) is 25.7 Å². The second-order valence-corrected chi connectivity index (χ2v) is 8.51. The fourth-order valence-electron chi connectivity index (χ4n) is 3.71. The SMILES string of the molecule is COc1ccc(CNC(C(=O)N2CCC[C@H]2C(=O)NC(C=O)CC(=O)O)C(C)C)c(Cl)c1. The molecule has 9 nitrogen and oxygen atoms in total. The lowest BCUT2D eigenvalue weighted by Gasteiger charge is -2.31. The van der Waals surface area contributed by atoms with E-state index in [1.807, 2.05) is 19.9 Å². The molecule has 1 saturated heterocycles. The Morgan fingerprint density at radius 2 is 2.06 bits per heavy atom.